The molecule has 1 aromatic rings. The van der Waals surface area contributed by atoms with Crippen LogP contribution in [0.4, 0.5) is 13.2 Å². The first-order valence-electron chi connectivity index (χ1n) is 5.62. The van der Waals surface area contributed by atoms with E-state index in [2.05, 4.69) is 5.92 Å². The fourth-order valence-electron chi connectivity index (χ4n) is 1.84. The van der Waals surface area contributed by atoms with Crippen LogP contribution in [0.3, 0.4) is 0 Å². The summed E-state index contributed by atoms with van der Waals surface area (Å²) >= 11 is 0. The lowest BCUT2D eigenvalue weighted by Crippen LogP contribution is -2.07. The summed E-state index contributed by atoms with van der Waals surface area (Å²) in [5.74, 6) is 2.80. The zero-order valence-corrected chi connectivity index (χ0v) is 10.3. The number of rotatable bonds is 4. The maximum atomic E-state index is 12.6. The lowest BCUT2D eigenvalue weighted by molar-refractivity contribution is -0.137. The van der Waals surface area contributed by atoms with Crippen molar-refractivity contribution in [2.75, 3.05) is 7.11 Å². The first-order valence-corrected chi connectivity index (χ1v) is 5.62. The normalized spacial score (nSPS) is 12.9. The molecule has 1 rings (SSSR count). The second-order valence-electron chi connectivity index (χ2n) is 3.97. The molecule has 18 heavy (non-hydrogen) atoms. The molecule has 0 aliphatic rings. The second kappa shape index (κ2) is 5.81. The summed E-state index contributed by atoms with van der Waals surface area (Å²) in [5.41, 5.74) is 0.0182. The molecule has 0 fully saturated rings. The molecule has 0 aliphatic carbocycles. The summed E-state index contributed by atoms with van der Waals surface area (Å²) in [6, 6.07) is 3.54. The average molecular weight is 256 g/mol. The first kappa shape index (κ1) is 14.4. The zero-order valence-electron chi connectivity index (χ0n) is 10.3. The van der Waals surface area contributed by atoms with E-state index in [1.807, 2.05) is 6.92 Å². The van der Waals surface area contributed by atoms with Crippen LogP contribution in [0, 0.1) is 12.3 Å². The van der Waals surface area contributed by atoms with Gasteiger partial charge in [-0.05, 0) is 30.0 Å². The molecule has 0 amide bonds. The van der Waals surface area contributed by atoms with Crippen LogP contribution in [0.2, 0.25) is 0 Å². The third kappa shape index (κ3) is 3.19. The number of hydrogen-bond acceptors (Lipinski definition) is 1. The third-order valence-corrected chi connectivity index (χ3v) is 2.86. The van der Waals surface area contributed by atoms with Gasteiger partial charge in [-0.15, -0.1) is 12.3 Å². The Labute approximate surface area is 105 Å². The Hall–Kier alpha value is -1.63. The molecule has 0 spiro atoms. The van der Waals surface area contributed by atoms with Crippen molar-refractivity contribution >= 4 is 0 Å². The minimum absolute atomic E-state index is 0.0206. The molecular formula is C14H15F3O. The van der Waals surface area contributed by atoms with Gasteiger partial charge in [-0.2, -0.15) is 13.2 Å². The Morgan fingerprint density at radius 2 is 2.06 bits per heavy atom. The lowest BCUT2D eigenvalue weighted by atomic mass is 9.92. The largest absolute Gasteiger partial charge is 0.496 e. The second-order valence-corrected chi connectivity index (χ2v) is 3.97. The minimum atomic E-state index is -4.36. The highest BCUT2D eigenvalue weighted by Gasteiger charge is 2.31. The van der Waals surface area contributed by atoms with Crippen molar-refractivity contribution in [2.24, 2.45) is 0 Å². The van der Waals surface area contributed by atoms with Gasteiger partial charge in [-0.25, -0.2) is 0 Å². The van der Waals surface area contributed by atoms with Crippen molar-refractivity contribution in [3.05, 3.63) is 29.3 Å². The molecule has 0 saturated carbocycles. The van der Waals surface area contributed by atoms with Crippen LogP contribution >= 0.6 is 0 Å². The maximum absolute atomic E-state index is 12.6. The summed E-state index contributed by atoms with van der Waals surface area (Å²) in [7, 11) is 1.36. The van der Waals surface area contributed by atoms with Gasteiger partial charge in [0.1, 0.15) is 5.75 Å². The van der Waals surface area contributed by atoms with Crippen LogP contribution in [-0.4, -0.2) is 7.11 Å². The summed E-state index contributed by atoms with van der Waals surface area (Å²) in [4.78, 5) is 0. The Balaban J connectivity index is 3.19. The predicted molar refractivity (Wildman–Crippen MR) is 64.5 cm³/mol. The summed E-state index contributed by atoms with van der Waals surface area (Å²) in [5, 5.41) is 0. The summed E-state index contributed by atoms with van der Waals surface area (Å²) in [6.45, 7) is 1.94. The van der Waals surface area contributed by atoms with Crippen molar-refractivity contribution in [2.45, 2.75) is 31.9 Å². The highest BCUT2D eigenvalue weighted by molar-refractivity contribution is 5.41. The highest BCUT2D eigenvalue weighted by atomic mass is 19.4. The van der Waals surface area contributed by atoms with Crippen molar-refractivity contribution in [1.82, 2.24) is 0 Å². The molecule has 0 bridgehead atoms. The predicted octanol–water partition coefficient (Wildman–Crippen LogP) is 4.23. The number of halogens is 3. The highest BCUT2D eigenvalue weighted by Crippen LogP contribution is 2.37. The fourth-order valence-corrected chi connectivity index (χ4v) is 1.84. The monoisotopic (exact) mass is 256 g/mol. The number of ether oxygens (including phenoxy) is 1. The van der Waals surface area contributed by atoms with E-state index < -0.39 is 11.7 Å². The van der Waals surface area contributed by atoms with Gasteiger partial charge in [0.15, 0.2) is 0 Å². The van der Waals surface area contributed by atoms with Crippen molar-refractivity contribution in [3.8, 4) is 18.1 Å². The average Bonchev–Trinajstić information content (AvgIpc) is 2.34. The topological polar surface area (TPSA) is 9.23 Å². The van der Waals surface area contributed by atoms with Gasteiger partial charge in [-0.1, -0.05) is 13.0 Å². The van der Waals surface area contributed by atoms with E-state index in [0.29, 0.717) is 6.42 Å². The van der Waals surface area contributed by atoms with Crippen LogP contribution in [0.15, 0.2) is 18.2 Å². The number of terminal acetylenes is 1. The van der Waals surface area contributed by atoms with Crippen molar-refractivity contribution in [3.63, 3.8) is 0 Å². The number of alkyl halides is 3. The fraction of sp³-hybridized carbons (Fsp3) is 0.429. The molecule has 0 N–H and O–H groups in total. The molecular weight excluding hydrogens is 241 g/mol. The Bertz CT molecular complexity index is 443. The molecule has 0 saturated heterocycles. The number of benzene rings is 1. The van der Waals surface area contributed by atoms with Crippen LogP contribution in [0.1, 0.15) is 36.8 Å². The Morgan fingerprint density at radius 3 is 2.50 bits per heavy atom. The van der Waals surface area contributed by atoms with Gasteiger partial charge in [-0.3, -0.25) is 0 Å². The van der Waals surface area contributed by atoms with Crippen LogP contribution in [0.5, 0.6) is 5.75 Å². The SMILES string of the molecule is C#CCC(CC)c1ccc(C(F)(F)F)cc1OC. The smallest absolute Gasteiger partial charge is 0.416 e. The standard InChI is InChI=1S/C14H15F3O/c1-4-6-10(5-2)12-8-7-11(14(15,16)17)9-13(12)18-3/h1,7-10H,5-6H2,2-3H3. The van der Waals surface area contributed by atoms with Gasteiger partial charge < -0.3 is 4.74 Å². The van der Waals surface area contributed by atoms with E-state index >= 15 is 0 Å². The number of methoxy groups -OCH3 is 1. The van der Waals surface area contributed by atoms with E-state index in [4.69, 9.17) is 11.2 Å². The Kier molecular flexibility index (Phi) is 4.66. The van der Waals surface area contributed by atoms with Crippen LogP contribution in [0.25, 0.3) is 0 Å². The van der Waals surface area contributed by atoms with Gasteiger partial charge in [0.2, 0.25) is 0 Å². The van der Waals surface area contributed by atoms with E-state index in [-0.39, 0.29) is 11.7 Å². The van der Waals surface area contributed by atoms with Gasteiger partial charge in [0.25, 0.3) is 0 Å². The zero-order chi connectivity index (χ0) is 13.8. The summed E-state index contributed by atoms with van der Waals surface area (Å²) in [6.07, 6.45) is 2.14. The van der Waals surface area contributed by atoms with Crippen molar-refractivity contribution in [1.29, 1.82) is 0 Å². The molecule has 1 aromatic carbocycles. The van der Waals surface area contributed by atoms with Crippen LogP contribution < -0.4 is 4.74 Å². The minimum Gasteiger partial charge on any atom is -0.496 e. The molecule has 0 aromatic heterocycles. The molecule has 0 radical (unpaired) electrons. The van der Waals surface area contributed by atoms with E-state index in [0.717, 1.165) is 24.1 Å². The molecule has 1 nitrogen and oxygen atoms in total. The third-order valence-electron chi connectivity index (χ3n) is 2.86. The lowest BCUT2D eigenvalue weighted by Gasteiger charge is -2.18. The van der Waals surface area contributed by atoms with E-state index in [1.54, 1.807) is 0 Å². The quantitative estimate of drug-likeness (QED) is 0.732. The van der Waals surface area contributed by atoms with Crippen LogP contribution in [-0.2, 0) is 6.18 Å². The number of hydrogen-bond donors (Lipinski definition) is 0. The van der Waals surface area contributed by atoms with Crippen molar-refractivity contribution < 1.29 is 17.9 Å². The Morgan fingerprint density at radius 1 is 1.39 bits per heavy atom. The molecule has 4 heteroatoms. The van der Waals surface area contributed by atoms with Gasteiger partial charge in [0, 0.05) is 6.42 Å². The maximum Gasteiger partial charge on any atom is 0.416 e. The first-order chi connectivity index (χ1) is 8.43. The van der Waals surface area contributed by atoms with E-state index in [1.165, 1.54) is 13.2 Å². The molecule has 0 aliphatic heterocycles. The molecule has 98 valence electrons. The molecule has 1 unspecified atom stereocenters. The van der Waals surface area contributed by atoms with Gasteiger partial charge in [0.05, 0.1) is 12.7 Å². The molecule has 1 atom stereocenters. The van der Waals surface area contributed by atoms with Gasteiger partial charge >= 0.3 is 6.18 Å². The van der Waals surface area contributed by atoms with E-state index in [9.17, 15) is 13.2 Å². The molecule has 0 heterocycles. The summed E-state index contributed by atoms with van der Waals surface area (Å²) < 4.78 is 42.8.